The van der Waals surface area contributed by atoms with Crippen LogP contribution in [0.15, 0.2) is 206 Å². The molecule has 0 atom stereocenters. The Morgan fingerprint density at radius 1 is 0.348 bits per heavy atom. The first-order chi connectivity index (χ1) is 31.9. The number of fused-ring (bicyclic) bond motifs is 4. The molecule has 9 aromatic rings. The number of anilines is 6. The molecule has 0 N–H and O–H groups in total. The zero-order valence-corrected chi connectivity index (χ0v) is 39.1. The molecule has 2 aliphatic rings. The van der Waals surface area contributed by atoms with Crippen molar-refractivity contribution >= 4 is 57.2 Å². The molecule has 3 heteroatoms. The van der Waals surface area contributed by atoms with Gasteiger partial charge in [0.05, 0.1) is 5.69 Å². The highest BCUT2D eigenvalue weighted by Gasteiger charge is 2.45. The highest BCUT2D eigenvalue weighted by molar-refractivity contribution is 7.00. The van der Waals surface area contributed by atoms with E-state index in [-0.39, 0.29) is 17.5 Å². The van der Waals surface area contributed by atoms with Crippen LogP contribution in [0.4, 0.5) is 34.1 Å². The van der Waals surface area contributed by atoms with E-state index in [1.54, 1.807) is 0 Å². The number of hydrogen-bond acceptors (Lipinski definition) is 2. The maximum absolute atomic E-state index is 2.58. The Bertz CT molecular complexity index is 3270. The molecular formula is C63H55BN2. The van der Waals surface area contributed by atoms with E-state index in [1.807, 2.05) is 0 Å². The van der Waals surface area contributed by atoms with E-state index in [1.165, 1.54) is 100 Å². The largest absolute Gasteiger partial charge is 0.311 e. The Morgan fingerprint density at radius 2 is 0.848 bits per heavy atom. The number of hydrogen-bond donors (Lipinski definition) is 0. The average Bonchev–Trinajstić information content (AvgIpc) is 3.34. The summed E-state index contributed by atoms with van der Waals surface area (Å²) in [6, 6.07) is 77.2. The summed E-state index contributed by atoms with van der Waals surface area (Å²) in [5.74, 6) is 0. The van der Waals surface area contributed by atoms with Gasteiger partial charge in [0.25, 0.3) is 6.71 Å². The first-order valence-electron chi connectivity index (χ1n) is 23.5. The summed E-state index contributed by atoms with van der Waals surface area (Å²) in [4.78, 5) is 5.14. The summed E-state index contributed by atoms with van der Waals surface area (Å²) in [5.41, 5.74) is 24.6. The predicted molar refractivity (Wildman–Crippen MR) is 284 cm³/mol. The van der Waals surface area contributed by atoms with Crippen LogP contribution in [-0.4, -0.2) is 6.71 Å². The third kappa shape index (κ3) is 7.15. The molecule has 2 nitrogen and oxygen atoms in total. The molecule has 0 saturated heterocycles. The Morgan fingerprint density at radius 3 is 1.47 bits per heavy atom. The molecule has 0 radical (unpaired) electrons. The lowest BCUT2D eigenvalue weighted by atomic mass is 9.33. The van der Waals surface area contributed by atoms with Gasteiger partial charge in [-0.15, -0.1) is 0 Å². The average molecular weight is 851 g/mol. The van der Waals surface area contributed by atoms with Gasteiger partial charge in [-0.25, -0.2) is 0 Å². The Balaban J connectivity index is 1.25. The lowest BCUT2D eigenvalue weighted by molar-refractivity contribution is 0.590. The van der Waals surface area contributed by atoms with Gasteiger partial charge in [0.15, 0.2) is 0 Å². The Kier molecular flexibility index (Phi) is 10.0. The van der Waals surface area contributed by atoms with Gasteiger partial charge in [-0.05, 0) is 127 Å². The minimum atomic E-state index is -0.134. The van der Waals surface area contributed by atoms with Crippen LogP contribution >= 0.6 is 0 Å². The predicted octanol–water partition coefficient (Wildman–Crippen LogP) is 15.3. The van der Waals surface area contributed by atoms with Gasteiger partial charge in [-0.3, -0.25) is 0 Å². The van der Waals surface area contributed by atoms with Crippen molar-refractivity contribution in [1.82, 2.24) is 0 Å². The van der Waals surface area contributed by atoms with Crippen molar-refractivity contribution in [3.8, 4) is 44.5 Å². The summed E-state index contributed by atoms with van der Waals surface area (Å²) in [7, 11) is 0. The van der Waals surface area contributed by atoms with Crippen LogP contribution in [0, 0.1) is 6.92 Å². The molecule has 2 heterocycles. The fraction of sp³-hybridized carbons (Fsp3) is 0.143. The molecule has 0 fully saturated rings. The smallest absolute Gasteiger partial charge is 0.252 e. The van der Waals surface area contributed by atoms with Crippen molar-refractivity contribution in [3.05, 3.63) is 223 Å². The minimum Gasteiger partial charge on any atom is -0.311 e. The quantitative estimate of drug-likeness (QED) is 0.154. The van der Waals surface area contributed by atoms with Crippen LogP contribution < -0.4 is 26.2 Å². The van der Waals surface area contributed by atoms with Crippen LogP contribution in [0.2, 0.25) is 0 Å². The van der Waals surface area contributed by atoms with Crippen LogP contribution in [0.3, 0.4) is 0 Å². The van der Waals surface area contributed by atoms with E-state index in [2.05, 4.69) is 265 Å². The molecule has 11 rings (SSSR count). The summed E-state index contributed by atoms with van der Waals surface area (Å²) in [6.45, 7) is 16.2. The second-order valence-corrected chi connectivity index (χ2v) is 20.3. The van der Waals surface area contributed by atoms with E-state index in [0.717, 1.165) is 11.4 Å². The van der Waals surface area contributed by atoms with Gasteiger partial charge in [0, 0.05) is 34.0 Å². The molecule has 2 aliphatic heterocycles. The number of para-hydroxylation sites is 1. The topological polar surface area (TPSA) is 6.48 Å². The van der Waals surface area contributed by atoms with Gasteiger partial charge in [-0.2, -0.15) is 0 Å². The molecule has 0 aliphatic carbocycles. The first-order valence-corrected chi connectivity index (χ1v) is 23.5. The number of benzene rings is 9. The maximum atomic E-state index is 2.58. The Labute approximate surface area is 392 Å². The van der Waals surface area contributed by atoms with E-state index in [9.17, 15) is 0 Å². The molecule has 0 bridgehead atoms. The molecule has 0 aromatic heterocycles. The van der Waals surface area contributed by atoms with Gasteiger partial charge >= 0.3 is 0 Å². The third-order valence-electron chi connectivity index (χ3n) is 13.8. The number of nitrogens with zero attached hydrogens (tertiary/aromatic N) is 2. The van der Waals surface area contributed by atoms with Crippen molar-refractivity contribution in [2.24, 2.45) is 0 Å². The van der Waals surface area contributed by atoms with Crippen molar-refractivity contribution < 1.29 is 0 Å². The minimum absolute atomic E-state index is 0.0401. The summed E-state index contributed by atoms with van der Waals surface area (Å²) in [6.07, 6.45) is 0. The highest BCUT2D eigenvalue weighted by Crippen LogP contribution is 2.49. The van der Waals surface area contributed by atoms with E-state index in [0.29, 0.717) is 0 Å². The molecule has 320 valence electrons. The second kappa shape index (κ2) is 16.0. The highest BCUT2D eigenvalue weighted by atomic mass is 15.2. The number of aryl methyl sites for hydroxylation is 1. The van der Waals surface area contributed by atoms with Crippen LogP contribution in [0.1, 0.15) is 58.2 Å². The molecule has 0 unspecified atom stereocenters. The van der Waals surface area contributed by atoms with E-state index < -0.39 is 0 Å². The van der Waals surface area contributed by atoms with Gasteiger partial charge < -0.3 is 9.80 Å². The lowest BCUT2D eigenvalue weighted by Gasteiger charge is -2.45. The molecule has 0 spiro atoms. The fourth-order valence-corrected chi connectivity index (χ4v) is 10.4. The summed E-state index contributed by atoms with van der Waals surface area (Å²) in [5, 5.41) is 0. The van der Waals surface area contributed by atoms with E-state index >= 15 is 0 Å². The fourth-order valence-electron chi connectivity index (χ4n) is 10.4. The zero-order valence-electron chi connectivity index (χ0n) is 39.1. The van der Waals surface area contributed by atoms with Crippen LogP contribution in [0.5, 0.6) is 0 Å². The molecule has 66 heavy (non-hydrogen) atoms. The Hall–Kier alpha value is -7.36. The maximum Gasteiger partial charge on any atom is 0.252 e. The van der Waals surface area contributed by atoms with Crippen molar-refractivity contribution in [1.29, 1.82) is 0 Å². The standard InChI is InChI=1S/C63H55BN2/c1-42-27-34-51(53(37-42)63(5,6)7)48-31-36-57-55(39-48)64-54-38-47(44-21-13-9-14-22-44)30-35-58(54)66(56-26-18-17-25-52(56)46-23-15-10-16-24-46)60-41-49(62(2,3)4)40-59(61(60)64)65(57)50-32-28-45(29-33-50)43-19-11-8-12-20-43/h8-41H,1-7H3. The number of rotatable bonds is 6. The molecule has 0 saturated carbocycles. The zero-order chi connectivity index (χ0) is 45.3. The second-order valence-electron chi connectivity index (χ2n) is 20.3. The van der Waals surface area contributed by atoms with Crippen molar-refractivity contribution in [2.75, 3.05) is 9.80 Å². The normalized spacial score (nSPS) is 13.0. The molecular weight excluding hydrogens is 796 g/mol. The monoisotopic (exact) mass is 850 g/mol. The van der Waals surface area contributed by atoms with Gasteiger partial charge in [-0.1, -0.05) is 211 Å². The third-order valence-corrected chi connectivity index (χ3v) is 13.8. The van der Waals surface area contributed by atoms with Gasteiger partial charge in [0.2, 0.25) is 0 Å². The van der Waals surface area contributed by atoms with Crippen molar-refractivity contribution in [2.45, 2.75) is 59.3 Å². The molecule has 0 amide bonds. The molecule has 9 aromatic carbocycles. The summed E-state index contributed by atoms with van der Waals surface area (Å²) >= 11 is 0. The van der Waals surface area contributed by atoms with Crippen LogP contribution in [-0.2, 0) is 10.8 Å². The van der Waals surface area contributed by atoms with E-state index in [4.69, 9.17) is 0 Å². The van der Waals surface area contributed by atoms with Gasteiger partial charge in [0.1, 0.15) is 0 Å². The summed E-state index contributed by atoms with van der Waals surface area (Å²) < 4.78 is 0. The van der Waals surface area contributed by atoms with Crippen LogP contribution in [0.25, 0.3) is 44.5 Å². The lowest BCUT2D eigenvalue weighted by Crippen LogP contribution is -2.61. The SMILES string of the molecule is Cc1ccc(-c2ccc3c(c2)B2c4cc(-c5ccccc5)ccc4N(c4ccccc4-c4ccccc4)c4cc(C(C)(C)C)cc(c42)N3c2ccc(-c3ccccc3)cc2)c(C(C)(C)C)c1. The van der Waals surface area contributed by atoms with Crippen molar-refractivity contribution in [3.63, 3.8) is 0 Å². The first kappa shape index (κ1) is 41.4.